The average Bonchev–Trinajstić information content (AvgIpc) is 2.39. The number of carbonyl (C=O) groups excluding carboxylic acids is 2. The molecule has 0 atom stereocenters. The molecule has 1 fully saturated rings. The van der Waals surface area contributed by atoms with E-state index in [1.807, 2.05) is 13.0 Å². The van der Waals surface area contributed by atoms with Gasteiger partial charge in [-0.05, 0) is 18.9 Å². The van der Waals surface area contributed by atoms with Crippen molar-refractivity contribution < 1.29 is 14.7 Å². The van der Waals surface area contributed by atoms with E-state index in [1.54, 1.807) is 36.4 Å². The molecule has 0 saturated carbocycles. The number of nitrogens with one attached hydrogen (secondary N) is 2. The highest BCUT2D eigenvalue weighted by atomic mass is 16.3. The number of aliphatic hydroxyl groups excluding tert-OH is 1. The second-order valence-electron chi connectivity index (χ2n) is 4.39. The fraction of sp³-hybridized carbons (Fsp3) is 0.286. The Morgan fingerprint density at radius 1 is 1.21 bits per heavy atom. The van der Waals surface area contributed by atoms with Gasteiger partial charge in [0, 0.05) is 0 Å². The van der Waals surface area contributed by atoms with Gasteiger partial charge in [-0.3, -0.25) is 9.59 Å². The van der Waals surface area contributed by atoms with E-state index in [2.05, 4.69) is 10.6 Å². The first-order valence-corrected chi connectivity index (χ1v) is 6.08. The van der Waals surface area contributed by atoms with Crippen molar-refractivity contribution in [1.29, 1.82) is 0 Å². The number of benzene rings is 1. The molecule has 1 aromatic carbocycles. The summed E-state index contributed by atoms with van der Waals surface area (Å²) >= 11 is 0. The van der Waals surface area contributed by atoms with E-state index < -0.39 is 23.6 Å². The number of hydrogen-bond donors (Lipinski definition) is 3. The Morgan fingerprint density at radius 2 is 1.79 bits per heavy atom. The fourth-order valence-corrected chi connectivity index (χ4v) is 2.22. The van der Waals surface area contributed by atoms with Gasteiger partial charge in [0.05, 0.1) is 0 Å². The maximum absolute atomic E-state index is 12.3. The molecular weight excluding hydrogens is 244 g/mol. The van der Waals surface area contributed by atoms with E-state index in [1.165, 1.54) is 0 Å². The molecule has 19 heavy (non-hydrogen) atoms. The van der Waals surface area contributed by atoms with Gasteiger partial charge in [-0.2, -0.15) is 0 Å². The number of carbonyl (C=O) groups is 2. The quantitative estimate of drug-likeness (QED) is 0.544. The summed E-state index contributed by atoms with van der Waals surface area (Å²) in [6, 6.07) is 8.84. The summed E-state index contributed by atoms with van der Waals surface area (Å²) in [5.74, 6) is -0.985. The van der Waals surface area contributed by atoms with Crippen molar-refractivity contribution in [2.24, 2.45) is 0 Å². The number of allylic oxidation sites excluding steroid dienone is 2. The highest BCUT2D eigenvalue weighted by molar-refractivity contribution is 6.12. The van der Waals surface area contributed by atoms with Crippen LogP contribution in [0, 0.1) is 0 Å². The molecule has 0 aromatic heterocycles. The van der Waals surface area contributed by atoms with Gasteiger partial charge in [0.25, 0.3) is 0 Å². The minimum Gasteiger partial charge on any atom is -0.356 e. The molecule has 1 aliphatic heterocycles. The van der Waals surface area contributed by atoms with Gasteiger partial charge in [0.1, 0.15) is 0 Å². The lowest BCUT2D eigenvalue weighted by Crippen LogP contribution is -2.66. The van der Waals surface area contributed by atoms with E-state index in [0.717, 1.165) is 0 Å². The lowest BCUT2D eigenvalue weighted by Gasteiger charge is -2.36. The van der Waals surface area contributed by atoms with Gasteiger partial charge in [-0.25, -0.2) is 0 Å². The molecule has 1 saturated heterocycles. The van der Waals surface area contributed by atoms with Crippen LogP contribution in [0.25, 0.3) is 0 Å². The zero-order valence-electron chi connectivity index (χ0n) is 10.6. The number of hydrogen-bond acceptors (Lipinski definition) is 3. The molecule has 100 valence electrons. The molecule has 2 amide bonds. The highest BCUT2D eigenvalue weighted by Gasteiger charge is 2.50. The maximum atomic E-state index is 12.3. The Labute approximate surface area is 111 Å². The molecule has 1 aromatic rings. The minimum absolute atomic E-state index is 0.248. The summed E-state index contributed by atoms with van der Waals surface area (Å²) in [6.45, 7) is 1.83. The normalized spacial score (nSPS) is 27.2. The van der Waals surface area contributed by atoms with Crippen molar-refractivity contribution in [3.05, 3.63) is 48.0 Å². The first kappa shape index (κ1) is 13.3. The van der Waals surface area contributed by atoms with Crippen LogP contribution in [0.15, 0.2) is 42.5 Å². The summed E-state index contributed by atoms with van der Waals surface area (Å²) in [5, 5.41) is 14.1. The monoisotopic (exact) mass is 260 g/mol. The summed E-state index contributed by atoms with van der Waals surface area (Å²) in [7, 11) is 0. The van der Waals surface area contributed by atoms with Gasteiger partial charge in [0.2, 0.25) is 18.2 Å². The van der Waals surface area contributed by atoms with E-state index >= 15 is 0 Å². The predicted molar refractivity (Wildman–Crippen MR) is 69.8 cm³/mol. The smallest absolute Gasteiger partial charge is 0.243 e. The van der Waals surface area contributed by atoms with Crippen molar-refractivity contribution in [3.63, 3.8) is 0 Å². The third-order valence-electron chi connectivity index (χ3n) is 3.24. The summed E-state index contributed by atoms with van der Waals surface area (Å²) in [5.41, 5.74) is -0.720. The zero-order valence-corrected chi connectivity index (χ0v) is 10.6. The molecule has 0 spiro atoms. The van der Waals surface area contributed by atoms with Crippen LogP contribution in [0.5, 0.6) is 0 Å². The third kappa shape index (κ3) is 2.24. The third-order valence-corrected chi connectivity index (χ3v) is 3.24. The van der Waals surface area contributed by atoms with Gasteiger partial charge in [-0.15, -0.1) is 0 Å². The van der Waals surface area contributed by atoms with Gasteiger partial charge in [0.15, 0.2) is 5.41 Å². The van der Waals surface area contributed by atoms with E-state index in [4.69, 9.17) is 0 Å². The second kappa shape index (κ2) is 5.24. The predicted octanol–water partition coefficient (Wildman–Crippen LogP) is 0.412. The van der Waals surface area contributed by atoms with E-state index in [-0.39, 0.29) is 6.42 Å². The molecule has 2 rings (SSSR count). The van der Waals surface area contributed by atoms with Crippen LogP contribution in [-0.2, 0) is 15.0 Å². The molecule has 0 unspecified atom stereocenters. The standard InChI is InChI=1S/C14H16N2O3/c1-2-3-9-14(10-7-5-4-6-8-10)11(17)15-13(19)16-12(14)18/h2-8,13,19H,9H2,1H3,(H,15,17)(H,16,18)/b3-2+. The van der Waals surface area contributed by atoms with Crippen molar-refractivity contribution in [2.75, 3.05) is 0 Å². The Kier molecular flexibility index (Phi) is 3.66. The Balaban J connectivity index is 2.51. The van der Waals surface area contributed by atoms with Crippen LogP contribution in [0.1, 0.15) is 18.9 Å². The molecule has 1 aliphatic rings. The van der Waals surface area contributed by atoms with Crippen LogP contribution in [0.2, 0.25) is 0 Å². The first-order valence-electron chi connectivity index (χ1n) is 6.08. The molecule has 5 heteroatoms. The van der Waals surface area contributed by atoms with Crippen LogP contribution in [0.4, 0.5) is 0 Å². The Morgan fingerprint density at radius 3 is 2.32 bits per heavy atom. The van der Waals surface area contributed by atoms with E-state index in [9.17, 15) is 14.7 Å². The van der Waals surface area contributed by atoms with Gasteiger partial charge in [-0.1, -0.05) is 42.5 Å². The maximum Gasteiger partial charge on any atom is 0.243 e. The molecule has 5 nitrogen and oxygen atoms in total. The lowest BCUT2D eigenvalue weighted by atomic mass is 9.74. The lowest BCUT2D eigenvalue weighted by molar-refractivity contribution is -0.148. The molecule has 3 N–H and O–H groups in total. The Bertz CT molecular complexity index is 493. The minimum atomic E-state index is -1.33. The van der Waals surface area contributed by atoms with Crippen LogP contribution < -0.4 is 10.6 Å². The van der Waals surface area contributed by atoms with Crippen LogP contribution >= 0.6 is 0 Å². The first-order chi connectivity index (χ1) is 9.11. The number of rotatable bonds is 3. The largest absolute Gasteiger partial charge is 0.356 e. The molecule has 0 bridgehead atoms. The summed E-state index contributed by atoms with van der Waals surface area (Å²) < 4.78 is 0. The van der Waals surface area contributed by atoms with Crippen molar-refractivity contribution >= 4 is 11.8 Å². The average molecular weight is 260 g/mol. The SMILES string of the molecule is C/C=C/CC1(c2ccccc2)C(=O)NC(O)NC1=O. The molecule has 1 heterocycles. The van der Waals surface area contributed by atoms with Crippen molar-refractivity contribution in [3.8, 4) is 0 Å². The highest BCUT2D eigenvalue weighted by Crippen LogP contribution is 2.31. The molecular formula is C14H16N2O3. The number of aliphatic hydroxyl groups is 1. The van der Waals surface area contributed by atoms with Crippen molar-refractivity contribution in [1.82, 2.24) is 10.6 Å². The number of amides is 2. The Hall–Kier alpha value is -2.14. The van der Waals surface area contributed by atoms with Gasteiger partial charge < -0.3 is 15.7 Å². The summed E-state index contributed by atoms with van der Waals surface area (Å²) in [6.07, 6.45) is 2.47. The topological polar surface area (TPSA) is 78.4 Å². The zero-order chi connectivity index (χ0) is 13.9. The molecule has 0 radical (unpaired) electrons. The van der Waals surface area contributed by atoms with Crippen LogP contribution in [-0.4, -0.2) is 23.3 Å². The molecule has 0 aliphatic carbocycles. The van der Waals surface area contributed by atoms with Gasteiger partial charge >= 0.3 is 0 Å². The van der Waals surface area contributed by atoms with E-state index in [0.29, 0.717) is 5.56 Å². The van der Waals surface area contributed by atoms with Crippen LogP contribution in [0.3, 0.4) is 0 Å². The summed E-state index contributed by atoms with van der Waals surface area (Å²) in [4.78, 5) is 24.6. The second-order valence-corrected chi connectivity index (χ2v) is 4.39. The van der Waals surface area contributed by atoms with Crippen molar-refractivity contribution in [2.45, 2.75) is 25.1 Å². The fourth-order valence-electron chi connectivity index (χ4n) is 2.22.